The van der Waals surface area contributed by atoms with E-state index >= 15 is 0 Å². The van der Waals surface area contributed by atoms with Crippen LogP contribution in [-0.4, -0.2) is 28.3 Å². The number of aromatic nitrogens is 2. The molecule has 1 aromatic carbocycles. The molecule has 0 spiro atoms. The zero-order chi connectivity index (χ0) is 18.4. The van der Waals surface area contributed by atoms with Crippen LogP contribution in [0.5, 0.6) is 0 Å². The summed E-state index contributed by atoms with van der Waals surface area (Å²) in [7, 11) is 0. The van der Waals surface area contributed by atoms with Crippen molar-refractivity contribution in [3.8, 4) is 0 Å². The number of carbonyl (C=O) groups excluding carboxylic acids is 2. The topological polar surface area (TPSA) is 90.3 Å². The van der Waals surface area contributed by atoms with Gasteiger partial charge in [-0.05, 0) is 24.6 Å². The van der Waals surface area contributed by atoms with Gasteiger partial charge in [-0.3, -0.25) is 9.59 Å². The van der Waals surface area contributed by atoms with Gasteiger partial charge < -0.3 is 10.1 Å². The highest BCUT2D eigenvalue weighted by atomic mass is 19.1. The van der Waals surface area contributed by atoms with E-state index in [0.29, 0.717) is 13.0 Å². The Kier molecular flexibility index (Phi) is 5.93. The molecular weight excluding hydrogens is 336 g/mol. The fraction of sp³-hybridized carbons (Fsp3) is 0.250. The van der Waals surface area contributed by atoms with Crippen molar-refractivity contribution in [3.05, 3.63) is 58.0 Å². The van der Waals surface area contributed by atoms with Crippen molar-refractivity contribution < 1.29 is 23.1 Å². The summed E-state index contributed by atoms with van der Waals surface area (Å²) < 4.78 is 32.3. The van der Waals surface area contributed by atoms with Gasteiger partial charge in [0.1, 0.15) is 11.6 Å². The van der Waals surface area contributed by atoms with E-state index < -0.39 is 30.1 Å². The van der Waals surface area contributed by atoms with E-state index in [1.165, 1.54) is 12.1 Å². The van der Waals surface area contributed by atoms with Crippen LogP contribution >= 0.6 is 0 Å². The van der Waals surface area contributed by atoms with E-state index in [1.807, 2.05) is 6.92 Å². The summed E-state index contributed by atoms with van der Waals surface area (Å²) in [6.07, 6.45) is 0.646. The molecule has 0 bridgehead atoms. The molecule has 0 aliphatic rings. The predicted molar refractivity (Wildman–Crippen MR) is 84.1 cm³/mol. The van der Waals surface area contributed by atoms with Crippen molar-refractivity contribution in [2.75, 3.05) is 11.9 Å². The summed E-state index contributed by atoms with van der Waals surface area (Å²) in [5, 5.41) is 5.93. The van der Waals surface area contributed by atoms with E-state index in [9.17, 15) is 23.2 Å². The van der Waals surface area contributed by atoms with Crippen LogP contribution < -0.4 is 10.9 Å². The number of benzene rings is 1. The third kappa shape index (κ3) is 4.93. The second kappa shape index (κ2) is 8.13. The number of aryl methyl sites for hydroxylation is 1. The first-order valence-electron chi connectivity index (χ1n) is 7.41. The number of rotatable bonds is 6. The molecule has 0 unspecified atom stereocenters. The standard InChI is InChI=1S/C16H15F2N3O4/c1-2-7-21-15(23)6-5-12(20-21)16(24)25-9-14(22)19-13-8-10(17)3-4-11(13)18/h3-6,8H,2,7,9H2,1H3,(H,19,22). The maximum Gasteiger partial charge on any atom is 0.359 e. The molecule has 25 heavy (non-hydrogen) atoms. The van der Waals surface area contributed by atoms with Crippen LogP contribution in [0, 0.1) is 11.6 Å². The van der Waals surface area contributed by atoms with Crippen molar-refractivity contribution in [3.63, 3.8) is 0 Å². The molecule has 0 fully saturated rings. The SMILES string of the molecule is CCCn1nc(C(=O)OCC(=O)Nc2cc(F)ccc2F)ccc1=O. The minimum atomic E-state index is -0.917. The molecule has 7 nitrogen and oxygen atoms in total. The lowest BCUT2D eigenvalue weighted by molar-refractivity contribution is -0.119. The maximum atomic E-state index is 13.4. The Morgan fingerprint density at radius 2 is 2.00 bits per heavy atom. The fourth-order valence-corrected chi connectivity index (χ4v) is 1.91. The average molecular weight is 351 g/mol. The van der Waals surface area contributed by atoms with E-state index in [2.05, 4.69) is 10.4 Å². The molecule has 0 radical (unpaired) electrons. The summed E-state index contributed by atoms with van der Waals surface area (Å²) in [4.78, 5) is 35.1. The monoisotopic (exact) mass is 351 g/mol. The van der Waals surface area contributed by atoms with Crippen molar-refractivity contribution in [1.82, 2.24) is 9.78 Å². The summed E-state index contributed by atoms with van der Waals surface area (Å²) in [6.45, 7) is 1.46. The number of anilines is 1. The molecule has 1 aromatic heterocycles. The first-order chi connectivity index (χ1) is 11.9. The lowest BCUT2D eigenvalue weighted by Crippen LogP contribution is -2.26. The van der Waals surface area contributed by atoms with Gasteiger partial charge >= 0.3 is 5.97 Å². The third-order valence-corrected chi connectivity index (χ3v) is 3.05. The number of nitrogens with zero attached hydrogens (tertiary/aromatic N) is 2. The van der Waals surface area contributed by atoms with E-state index in [0.717, 1.165) is 22.9 Å². The Morgan fingerprint density at radius 1 is 1.24 bits per heavy atom. The summed E-state index contributed by atoms with van der Waals surface area (Å²) >= 11 is 0. The first-order valence-corrected chi connectivity index (χ1v) is 7.41. The highest BCUT2D eigenvalue weighted by Gasteiger charge is 2.14. The van der Waals surface area contributed by atoms with E-state index in [4.69, 9.17) is 4.74 Å². The van der Waals surface area contributed by atoms with Crippen molar-refractivity contribution in [2.24, 2.45) is 0 Å². The smallest absolute Gasteiger partial charge is 0.359 e. The molecule has 0 saturated carbocycles. The molecular formula is C16H15F2N3O4. The van der Waals surface area contributed by atoms with E-state index in [1.54, 1.807) is 0 Å². The molecule has 2 aromatic rings. The Bertz CT molecular complexity index is 852. The number of ether oxygens (including phenoxy) is 1. The van der Waals surface area contributed by atoms with Gasteiger partial charge in [-0.2, -0.15) is 5.10 Å². The van der Waals surface area contributed by atoms with Gasteiger partial charge in [0, 0.05) is 18.7 Å². The molecule has 1 heterocycles. The number of halogens is 2. The Hall–Kier alpha value is -3.10. The molecule has 1 amide bonds. The molecule has 0 aliphatic carbocycles. The number of hydrogen-bond acceptors (Lipinski definition) is 5. The van der Waals surface area contributed by atoms with Crippen molar-refractivity contribution in [1.29, 1.82) is 0 Å². The van der Waals surface area contributed by atoms with Crippen molar-refractivity contribution in [2.45, 2.75) is 19.9 Å². The zero-order valence-corrected chi connectivity index (χ0v) is 13.3. The zero-order valence-electron chi connectivity index (χ0n) is 13.3. The molecule has 9 heteroatoms. The van der Waals surface area contributed by atoms with Gasteiger partial charge in [0.2, 0.25) is 0 Å². The second-order valence-corrected chi connectivity index (χ2v) is 5.03. The van der Waals surface area contributed by atoms with Crippen LogP contribution in [0.2, 0.25) is 0 Å². The Labute approximate surface area is 141 Å². The quantitative estimate of drug-likeness (QED) is 0.801. The Morgan fingerprint density at radius 3 is 2.72 bits per heavy atom. The van der Waals surface area contributed by atoms with Gasteiger partial charge in [0.05, 0.1) is 5.69 Å². The molecule has 2 rings (SSSR count). The largest absolute Gasteiger partial charge is 0.451 e. The van der Waals surface area contributed by atoms with Crippen LogP contribution in [0.3, 0.4) is 0 Å². The van der Waals surface area contributed by atoms with Gasteiger partial charge in [-0.1, -0.05) is 6.92 Å². The lowest BCUT2D eigenvalue weighted by Gasteiger charge is -2.08. The lowest BCUT2D eigenvalue weighted by atomic mass is 10.3. The number of nitrogens with one attached hydrogen (secondary N) is 1. The minimum Gasteiger partial charge on any atom is -0.451 e. The minimum absolute atomic E-state index is 0.141. The molecule has 0 aliphatic heterocycles. The van der Waals surface area contributed by atoms with Gasteiger partial charge in [0.25, 0.3) is 11.5 Å². The number of amides is 1. The first kappa shape index (κ1) is 18.2. The molecule has 0 saturated heterocycles. The second-order valence-electron chi connectivity index (χ2n) is 5.03. The summed E-state index contributed by atoms with van der Waals surface area (Å²) in [5.74, 6) is -3.31. The van der Waals surface area contributed by atoms with Crippen molar-refractivity contribution >= 4 is 17.6 Å². The Balaban J connectivity index is 1.97. The van der Waals surface area contributed by atoms with Crippen LogP contribution in [0.4, 0.5) is 14.5 Å². The average Bonchev–Trinajstić information content (AvgIpc) is 2.58. The van der Waals surface area contributed by atoms with Gasteiger partial charge in [-0.15, -0.1) is 0 Å². The number of carbonyl (C=O) groups is 2. The predicted octanol–water partition coefficient (Wildman–Crippen LogP) is 1.73. The fourth-order valence-electron chi connectivity index (χ4n) is 1.91. The number of hydrogen-bond donors (Lipinski definition) is 1. The van der Waals surface area contributed by atoms with Gasteiger partial charge in [0.15, 0.2) is 12.3 Å². The summed E-state index contributed by atoms with van der Waals surface area (Å²) in [6, 6.07) is 4.92. The maximum absolute atomic E-state index is 13.4. The third-order valence-electron chi connectivity index (χ3n) is 3.05. The highest BCUT2D eigenvalue weighted by Crippen LogP contribution is 2.15. The molecule has 132 valence electrons. The number of esters is 1. The van der Waals surface area contributed by atoms with Crippen LogP contribution in [0.25, 0.3) is 0 Å². The molecule has 1 N–H and O–H groups in total. The van der Waals surface area contributed by atoms with Crippen LogP contribution in [-0.2, 0) is 16.1 Å². The summed E-state index contributed by atoms with van der Waals surface area (Å²) in [5.41, 5.74) is -0.869. The normalized spacial score (nSPS) is 10.4. The highest BCUT2D eigenvalue weighted by molar-refractivity contribution is 5.94. The van der Waals surface area contributed by atoms with Gasteiger partial charge in [-0.25, -0.2) is 18.3 Å². The van der Waals surface area contributed by atoms with E-state index in [-0.39, 0.29) is 16.9 Å². The molecule has 0 atom stereocenters. The van der Waals surface area contributed by atoms with Crippen LogP contribution in [0.15, 0.2) is 35.1 Å². The van der Waals surface area contributed by atoms with Crippen LogP contribution in [0.1, 0.15) is 23.8 Å².